The van der Waals surface area contributed by atoms with E-state index in [4.69, 9.17) is 33.7 Å². The van der Waals surface area contributed by atoms with E-state index in [1.54, 1.807) is 18.2 Å². The molecule has 0 amide bonds. The van der Waals surface area contributed by atoms with Crippen LogP contribution < -0.4 is 5.73 Å². The molecule has 0 saturated carbocycles. The zero-order chi connectivity index (χ0) is 16.4. The molecule has 0 spiro atoms. The maximum atomic E-state index is 12.1. The number of hydrogen-bond acceptors (Lipinski definition) is 5. The van der Waals surface area contributed by atoms with E-state index in [1.807, 2.05) is 24.3 Å². The summed E-state index contributed by atoms with van der Waals surface area (Å²) in [5.41, 5.74) is 6.69. The van der Waals surface area contributed by atoms with E-state index in [-0.39, 0.29) is 22.2 Å². The molecule has 2 N–H and O–H groups in total. The molecule has 5 nitrogen and oxygen atoms in total. The second-order valence-electron chi connectivity index (χ2n) is 4.72. The SMILES string of the molecule is Nc1nc(COC(=O)c2c(Cl)cccc2Cl)nc2ccccc12. The maximum absolute atomic E-state index is 12.1. The van der Waals surface area contributed by atoms with Crippen LogP contribution in [-0.2, 0) is 11.3 Å². The van der Waals surface area contributed by atoms with Gasteiger partial charge in [-0.3, -0.25) is 0 Å². The largest absolute Gasteiger partial charge is 0.454 e. The van der Waals surface area contributed by atoms with Crippen molar-refractivity contribution in [1.82, 2.24) is 9.97 Å². The van der Waals surface area contributed by atoms with Crippen LogP contribution in [0.1, 0.15) is 16.2 Å². The van der Waals surface area contributed by atoms with Crippen molar-refractivity contribution in [1.29, 1.82) is 0 Å². The highest BCUT2D eigenvalue weighted by atomic mass is 35.5. The van der Waals surface area contributed by atoms with Crippen molar-refractivity contribution in [3.8, 4) is 0 Å². The van der Waals surface area contributed by atoms with Crippen molar-refractivity contribution in [2.24, 2.45) is 0 Å². The van der Waals surface area contributed by atoms with Crippen molar-refractivity contribution >= 4 is 45.9 Å². The Kier molecular flexibility index (Phi) is 4.32. The summed E-state index contributed by atoms with van der Waals surface area (Å²) in [6.45, 7) is -0.130. The first kappa shape index (κ1) is 15.5. The first-order valence-electron chi connectivity index (χ1n) is 6.68. The van der Waals surface area contributed by atoms with Crippen molar-refractivity contribution in [3.05, 3.63) is 63.9 Å². The van der Waals surface area contributed by atoms with Crippen LogP contribution in [0.15, 0.2) is 42.5 Å². The number of nitrogens with two attached hydrogens (primary N) is 1. The number of benzene rings is 2. The first-order valence-corrected chi connectivity index (χ1v) is 7.44. The van der Waals surface area contributed by atoms with E-state index >= 15 is 0 Å². The second kappa shape index (κ2) is 6.40. The van der Waals surface area contributed by atoms with Crippen molar-refractivity contribution in [3.63, 3.8) is 0 Å². The van der Waals surface area contributed by atoms with Crippen LogP contribution in [-0.4, -0.2) is 15.9 Å². The molecule has 3 aromatic rings. The number of fused-ring (bicyclic) bond motifs is 1. The Hall–Kier alpha value is -2.37. The van der Waals surface area contributed by atoms with Gasteiger partial charge in [0, 0.05) is 5.39 Å². The molecule has 1 aromatic heterocycles. The van der Waals surface area contributed by atoms with Crippen LogP contribution in [0.4, 0.5) is 5.82 Å². The average Bonchev–Trinajstić information content (AvgIpc) is 2.53. The number of nitrogens with zero attached hydrogens (tertiary/aromatic N) is 2. The van der Waals surface area contributed by atoms with Crippen LogP contribution in [0.5, 0.6) is 0 Å². The highest BCUT2D eigenvalue weighted by Crippen LogP contribution is 2.25. The summed E-state index contributed by atoms with van der Waals surface area (Å²) >= 11 is 11.9. The molecule has 0 radical (unpaired) electrons. The minimum atomic E-state index is -0.643. The van der Waals surface area contributed by atoms with E-state index in [0.717, 1.165) is 5.39 Å². The lowest BCUT2D eigenvalue weighted by Gasteiger charge is -2.08. The molecule has 0 saturated heterocycles. The molecule has 0 aliphatic rings. The average molecular weight is 348 g/mol. The molecule has 0 unspecified atom stereocenters. The zero-order valence-electron chi connectivity index (χ0n) is 11.8. The quantitative estimate of drug-likeness (QED) is 0.727. The van der Waals surface area contributed by atoms with Crippen LogP contribution in [0.25, 0.3) is 10.9 Å². The van der Waals surface area contributed by atoms with Gasteiger partial charge in [0.25, 0.3) is 0 Å². The van der Waals surface area contributed by atoms with Gasteiger partial charge in [0.2, 0.25) is 0 Å². The van der Waals surface area contributed by atoms with Gasteiger partial charge in [-0.05, 0) is 24.3 Å². The number of halogens is 2. The second-order valence-corrected chi connectivity index (χ2v) is 5.53. The number of nitrogen functional groups attached to an aromatic ring is 1. The van der Waals surface area contributed by atoms with Gasteiger partial charge in [-0.25, -0.2) is 14.8 Å². The molecule has 3 rings (SSSR count). The van der Waals surface area contributed by atoms with Gasteiger partial charge in [0.05, 0.1) is 21.1 Å². The van der Waals surface area contributed by atoms with Crippen molar-refractivity contribution < 1.29 is 9.53 Å². The molecule has 2 aromatic carbocycles. The number of esters is 1. The Morgan fingerprint density at radius 1 is 1.04 bits per heavy atom. The third-order valence-electron chi connectivity index (χ3n) is 3.18. The summed E-state index contributed by atoms with van der Waals surface area (Å²) < 4.78 is 5.19. The lowest BCUT2D eigenvalue weighted by molar-refractivity contribution is 0.0463. The number of para-hydroxylation sites is 1. The Morgan fingerprint density at radius 3 is 2.48 bits per heavy atom. The van der Waals surface area contributed by atoms with Gasteiger partial charge in [-0.1, -0.05) is 41.4 Å². The molecule has 0 atom stereocenters. The number of rotatable bonds is 3. The molecular weight excluding hydrogens is 337 g/mol. The lowest BCUT2D eigenvalue weighted by Crippen LogP contribution is -2.09. The standard InChI is InChI=1S/C16H11Cl2N3O2/c17-10-5-3-6-11(18)14(10)16(22)23-8-13-20-12-7-2-1-4-9(12)15(19)21-13/h1-7H,8H2,(H2,19,20,21). The Balaban J connectivity index is 1.82. The lowest BCUT2D eigenvalue weighted by atomic mass is 10.2. The minimum Gasteiger partial charge on any atom is -0.454 e. The fraction of sp³-hybridized carbons (Fsp3) is 0.0625. The highest BCUT2D eigenvalue weighted by molar-refractivity contribution is 6.39. The normalized spacial score (nSPS) is 10.7. The fourth-order valence-electron chi connectivity index (χ4n) is 2.11. The van der Waals surface area contributed by atoms with Crippen LogP contribution >= 0.6 is 23.2 Å². The molecule has 1 heterocycles. The summed E-state index contributed by atoms with van der Waals surface area (Å²) in [7, 11) is 0. The molecule has 116 valence electrons. The number of hydrogen-bond donors (Lipinski definition) is 1. The predicted octanol–water partition coefficient (Wildman–Crippen LogP) is 3.88. The summed E-state index contributed by atoms with van der Waals surface area (Å²) in [4.78, 5) is 20.6. The molecule has 0 aliphatic heterocycles. The zero-order valence-corrected chi connectivity index (χ0v) is 13.3. The predicted molar refractivity (Wildman–Crippen MR) is 89.5 cm³/mol. The van der Waals surface area contributed by atoms with Gasteiger partial charge < -0.3 is 10.5 Å². The molecule has 0 bridgehead atoms. The smallest absolute Gasteiger partial charge is 0.341 e. The molecule has 0 aliphatic carbocycles. The topological polar surface area (TPSA) is 78.1 Å². The number of carbonyl (C=O) groups excluding carboxylic acids is 1. The molecular formula is C16H11Cl2N3O2. The van der Waals surface area contributed by atoms with E-state index in [1.165, 1.54) is 0 Å². The Morgan fingerprint density at radius 2 is 1.74 bits per heavy atom. The molecule has 23 heavy (non-hydrogen) atoms. The van der Waals surface area contributed by atoms with Crippen LogP contribution in [0.2, 0.25) is 10.0 Å². The van der Waals surface area contributed by atoms with E-state index in [9.17, 15) is 4.79 Å². The van der Waals surface area contributed by atoms with Gasteiger partial charge >= 0.3 is 5.97 Å². The third-order valence-corrected chi connectivity index (χ3v) is 3.81. The fourth-order valence-corrected chi connectivity index (χ4v) is 2.66. The van der Waals surface area contributed by atoms with Gasteiger partial charge in [0.15, 0.2) is 12.4 Å². The van der Waals surface area contributed by atoms with Gasteiger partial charge in [-0.2, -0.15) is 0 Å². The maximum Gasteiger partial charge on any atom is 0.341 e. The Labute approximate surface area is 142 Å². The first-order chi connectivity index (χ1) is 11.1. The molecule has 0 fully saturated rings. The van der Waals surface area contributed by atoms with Crippen molar-refractivity contribution in [2.45, 2.75) is 6.61 Å². The number of aromatic nitrogens is 2. The minimum absolute atomic E-state index is 0.115. The van der Waals surface area contributed by atoms with E-state index in [2.05, 4.69) is 9.97 Å². The number of ether oxygens (including phenoxy) is 1. The summed E-state index contributed by atoms with van der Waals surface area (Å²) in [6.07, 6.45) is 0. The Bertz CT molecular complexity index is 879. The van der Waals surface area contributed by atoms with E-state index in [0.29, 0.717) is 17.2 Å². The van der Waals surface area contributed by atoms with Crippen LogP contribution in [0, 0.1) is 0 Å². The summed E-state index contributed by atoms with van der Waals surface area (Å²) in [5, 5.41) is 1.19. The van der Waals surface area contributed by atoms with Gasteiger partial charge in [-0.15, -0.1) is 0 Å². The monoisotopic (exact) mass is 347 g/mol. The van der Waals surface area contributed by atoms with Crippen LogP contribution in [0.3, 0.4) is 0 Å². The summed E-state index contributed by atoms with van der Waals surface area (Å²) in [5.74, 6) is -0.00826. The van der Waals surface area contributed by atoms with Crippen molar-refractivity contribution in [2.75, 3.05) is 5.73 Å². The summed E-state index contributed by atoms with van der Waals surface area (Å²) in [6, 6.07) is 12.1. The third kappa shape index (κ3) is 3.21. The van der Waals surface area contributed by atoms with E-state index < -0.39 is 5.97 Å². The molecule has 7 heteroatoms. The van der Waals surface area contributed by atoms with Gasteiger partial charge in [0.1, 0.15) is 5.82 Å². The number of carbonyl (C=O) groups is 1. The highest BCUT2D eigenvalue weighted by Gasteiger charge is 2.17. The number of anilines is 1.